The molecule has 0 radical (unpaired) electrons. The Balaban J connectivity index is 1.72. The molecule has 0 aliphatic carbocycles. The summed E-state index contributed by atoms with van der Waals surface area (Å²) in [6.45, 7) is 1.69. The highest BCUT2D eigenvalue weighted by Crippen LogP contribution is 2.32. The molecule has 2 aromatic rings. The molecule has 21 heavy (non-hydrogen) atoms. The zero-order chi connectivity index (χ0) is 14.1. The van der Waals surface area contributed by atoms with E-state index in [1.54, 1.807) is 0 Å². The lowest BCUT2D eigenvalue weighted by atomic mass is 10.1. The van der Waals surface area contributed by atoms with Gasteiger partial charge in [0.05, 0.1) is 12.6 Å². The van der Waals surface area contributed by atoms with Gasteiger partial charge >= 0.3 is 0 Å². The molecule has 2 fully saturated rings. The van der Waals surface area contributed by atoms with Crippen LogP contribution >= 0.6 is 11.8 Å². The van der Waals surface area contributed by atoms with Crippen molar-refractivity contribution in [3.63, 3.8) is 0 Å². The fraction of sp³-hybridized carbons (Fsp3) is 0.625. The Labute approximate surface area is 129 Å². The summed E-state index contributed by atoms with van der Waals surface area (Å²) in [5, 5.41) is 0.727. The summed E-state index contributed by atoms with van der Waals surface area (Å²) in [4.78, 5) is 9.47. The van der Waals surface area contributed by atoms with Crippen LogP contribution in [0.25, 0.3) is 11.2 Å². The van der Waals surface area contributed by atoms with Crippen molar-refractivity contribution >= 4 is 22.9 Å². The molecule has 0 bridgehead atoms. The van der Waals surface area contributed by atoms with Crippen molar-refractivity contribution in [2.45, 2.75) is 43.4 Å². The average molecular weight is 303 g/mol. The lowest BCUT2D eigenvalue weighted by Gasteiger charge is -2.25. The number of hydrogen-bond acceptors (Lipinski definition) is 4. The van der Waals surface area contributed by atoms with Crippen LogP contribution in [-0.2, 0) is 11.2 Å². The van der Waals surface area contributed by atoms with E-state index < -0.39 is 0 Å². The van der Waals surface area contributed by atoms with Gasteiger partial charge in [0.15, 0.2) is 5.65 Å². The normalized spacial score (nSPS) is 26.5. The van der Waals surface area contributed by atoms with Gasteiger partial charge in [0.2, 0.25) is 0 Å². The first-order valence-corrected chi connectivity index (χ1v) is 8.98. The topological polar surface area (TPSA) is 39.9 Å². The fourth-order valence-electron chi connectivity index (χ4n) is 3.44. The predicted octanol–water partition coefficient (Wildman–Crippen LogP) is 3.22. The summed E-state index contributed by atoms with van der Waals surface area (Å²) < 4.78 is 8.07. The van der Waals surface area contributed by atoms with Gasteiger partial charge in [-0.3, -0.25) is 0 Å². The van der Waals surface area contributed by atoms with E-state index in [0.29, 0.717) is 6.04 Å². The number of rotatable bonds is 3. The van der Waals surface area contributed by atoms with Gasteiger partial charge in [-0.05, 0) is 43.6 Å². The smallest absolute Gasteiger partial charge is 0.160 e. The first-order valence-electron chi connectivity index (χ1n) is 7.93. The predicted molar refractivity (Wildman–Crippen MR) is 85.8 cm³/mol. The number of nitrogens with zero attached hydrogens (tertiary/aromatic N) is 3. The highest BCUT2D eigenvalue weighted by molar-refractivity contribution is 8.00. The second kappa shape index (κ2) is 5.97. The third kappa shape index (κ3) is 2.69. The molecule has 4 nitrogen and oxygen atoms in total. The molecule has 0 amide bonds. The quantitative estimate of drug-likeness (QED) is 0.873. The van der Waals surface area contributed by atoms with E-state index in [4.69, 9.17) is 9.72 Å². The molecule has 2 aliphatic rings. The van der Waals surface area contributed by atoms with Crippen LogP contribution in [0, 0.1) is 0 Å². The highest BCUT2D eigenvalue weighted by atomic mass is 32.2. The van der Waals surface area contributed by atoms with E-state index in [9.17, 15) is 0 Å². The standard InChI is InChI=1S/C16H21N3OS/c1-6-14-16(17-7-1)19(12-4-2-8-20-11-12)15(18-14)10-13-5-3-9-21-13/h1,6-7,12-13H,2-5,8-11H2. The molecule has 0 aromatic carbocycles. The molecule has 2 aromatic heterocycles. The van der Waals surface area contributed by atoms with Gasteiger partial charge in [-0.15, -0.1) is 0 Å². The third-order valence-corrected chi connectivity index (χ3v) is 5.86. The second-order valence-electron chi connectivity index (χ2n) is 5.95. The molecule has 5 heteroatoms. The minimum atomic E-state index is 0.403. The van der Waals surface area contributed by atoms with E-state index in [0.717, 1.165) is 42.5 Å². The van der Waals surface area contributed by atoms with E-state index in [1.807, 2.05) is 12.3 Å². The summed E-state index contributed by atoms with van der Waals surface area (Å²) in [7, 11) is 0. The molecule has 2 atom stereocenters. The van der Waals surface area contributed by atoms with Gasteiger partial charge in [-0.25, -0.2) is 9.97 Å². The number of aromatic nitrogens is 3. The molecule has 2 saturated heterocycles. The molecule has 0 saturated carbocycles. The Morgan fingerprint density at radius 3 is 3.14 bits per heavy atom. The Hall–Kier alpha value is -1.07. The van der Waals surface area contributed by atoms with E-state index in [-0.39, 0.29) is 0 Å². The molecular formula is C16H21N3OS. The van der Waals surface area contributed by atoms with E-state index in [1.165, 1.54) is 30.8 Å². The Morgan fingerprint density at radius 2 is 2.33 bits per heavy atom. The minimum Gasteiger partial charge on any atom is -0.379 e. The van der Waals surface area contributed by atoms with Gasteiger partial charge in [0.25, 0.3) is 0 Å². The van der Waals surface area contributed by atoms with Crippen molar-refractivity contribution in [1.29, 1.82) is 0 Å². The zero-order valence-corrected chi connectivity index (χ0v) is 13.0. The van der Waals surface area contributed by atoms with E-state index in [2.05, 4.69) is 27.4 Å². The average Bonchev–Trinajstić information content (AvgIpc) is 3.15. The third-order valence-electron chi connectivity index (χ3n) is 4.46. The van der Waals surface area contributed by atoms with Crippen LogP contribution in [-0.4, -0.2) is 38.8 Å². The SMILES string of the molecule is c1cnc2c(c1)nc(CC1CCCS1)n2C1CCCOC1. The van der Waals surface area contributed by atoms with Crippen LogP contribution < -0.4 is 0 Å². The molecule has 112 valence electrons. The molecule has 0 spiro atoms. The van der Waals surface area contributed by atoms with Gasteiger partial charge in [-0.1, -0.05) is 0 Å². The van der Waals surface area contributed by atoms with Crippen molar-refractivity contribution in [2.75, 3.05) is 19.0 Å². The number of hydrogen-bond donors (Lipinski definition) is 0. The van der Waals surface area contributed by atoms with Crippen molar-refractivity contribution in [1.82, 2.24) is 14.5 Å². The first kappa shape index (κ1) is 13.6. The monoisotopic (exact) mass is 303 g/mol. The molecule has 2 aliphatic heterocycles. The molecule has 2 unspecified atom stereocenters. The Bertz CT molecular complexity index is 615. The first-order chi connectivity index (χ1) is 10.4. The van der Waals surface area contributed by atoms with Crippen molar-refractivity contribution in [2.24, 2.45) is 0 Å². The summed E-state index contributed by atoms with van der Waals surface area (Å²) in [6.07, 6.45) is 7.92. The van der Waals surface area contributed by atoms with Crippen LogP contribution in [0.4, 0.5) is 0 Å². The number of thioether (sulfide) groups is 1. The second-order valence-corrected chi connectivity index (χ2v) is 7.36. The van der Waals surface area contributed by atoms with Crippen LogP contribution in [0.3, 0.4) is 0 Å². The van der Waals surface area contributed by atoms with Crippen LogP contribution in [0.1, 0.15) is 37.5 Å². The Kier molecular flexibility index (Phi) is 3.86. The molecule has 4 rings (SSSR count). The Morgan fingerprint density at radius 1 is 1.33 bits per heavy atom. The highest BCUT2D eigenvalue weighted by Gasteiger charge is 2.25. The lowest BCUT2D eigenvalue weighted by molar-refractivity contribution is 0.0593. The molecule has 4 heterocycles. The van der Waals surface area contributed by atoms with Crippen molar-refractivity contribution in [3.05, 3.63) is 24.2 Å². The van der Waals surface area contributed by atoms with Gasteiger partial charge in [0.1, 0.15) is 11.3 Å². The van der Waals surface area contributed by atoms with Gasteiger partial charge in [0, 0.05) is 24.5 Å². The zero-order valence-electron chi connectivity index (χ0n) is 12.2. The number of fused-ring (bicyclic) bond motifs is 1. The van der Waals surface area contributed by atoms with E-state index >= 15 is 0 Å². The van der Waals surface area contributed by atoms with Crippen molar-refractivity contribution in [3.8, 4) is 0 Å². The maximum absolute atomic E-state index is 5.70. The minimum absolute atomic E-state index is 0.403. The van der Waals surface area contributed by atoms with Crippen molar-refractivity contribution < 1.29 is 4.74 Å². The van der Waals surface area contributed by atoms with Gasteiger partial charge < -0.3 is 9.30 Å². The number of pyridine rings is 1. The van der Waals surface area contributed by atoms with Crippen LogP contribution in [0.5, 0.6) is 0 Å². The summed E-state index contributed by atoms with van der Waals surface area (Å²) in [5.74, 6) is 2.51. The number of imidazole rings is 1. The molecular weight excluding hydrogens is 282 g/mol. The summed E-state index contributed by atoms with van der Waals surface area (Å²) >= 11 is 2.10. The summed E-state index contributed by atoms with van der Waals surface area (Å²) in [6, 6.07) is 4.46. The lowest BCUT2D eigenvalue weighted by Crippen LogP contribution is -2.24. The largest absolute Gasteiger partial charge is 0.379 e. The van der Waals surface area contributed by atoms with Gasteiger partial charge in [-0.2, -0.15) is 11.8 Å². The maximum atomic E-state index is 5.70. The summed E-state index contributed by atoms with van der Waals surface area (Å²) in [5.41, 5.74) is 2.06. The maximum Gasteiger partial charge on any atom is 0.160 e. The number of ether oxygens (including phenoxy) is 1. The fourth-order valence-corrected chi connectivity index (χ4v) is 4.71. The molecule has 0 N–H and O–H groups in total. The van der Waals surface area contributed by atoms with Crippen LogP contribution in [0.15, 0.2) is 18.3 Å². The van der Waals surface area contributed by atoms with Crippen LogP contribution in [0.2, 0.25) is 0 Å².